The fraction of sp³-hybridized carbons (Fsp3) is 0.857. The molecule has 12 heavy (non-hydrogen) atoms. The van der Waals surface area contributed by atoms with Gasteiger partial charge in [-0.2, -0.15) is 0 Å². The lowest BCUT2D eigenvalue weighted by atomic mass is 10.6. The fourth-order valence-electron chi connectivity index (χ4n) is 0.641. The van der Waals surface area contributed by atoms with Crippen molar-refractivity contribution in [2.24, 2.45) is 5.73 Å². The summed E-state index contributed by atoms with van der Waals surface area (Å²) >= 11 is 0. The molecule has 3 N–H and O–H groups in total. The van der Waals surface area contributed by atoms with Crippen LogP contribution in [0.3, 0.4) is 0 Å². The summed E-state index contributed by atoms with van der Waals surface area (Å²) in [6.45, 7) is 7.95. The number of hydrogen-bond acceptors (Lipinski definition) is 3. The second-order valence-electron chi connectivity index (χ2n) is 3.60. The van der Waals surface area contributed by atoms with Crippen LogP contribution in [-0.2, 0) is 9.22 Å². The van der Waals surface area contributed by atoms with Crippen molar-refractivity contribution in [3.63, 3.8) is 0 Å². The first-order valence-electron chi connectivity index (χ1n) is 4.05. The number of primary amides is 1. The Bertz CT molecular complexity index is 145. The van der Waals surface area contributed by atoms with E-state index in [9.17, 15) is 4.79 Å². The number of nitrogens with two attached hydrogens (primary N) is 1. The smallest absolute Gasteiger partial charge is 0.231 e. The maximum atomic E-state index is 10.3. The van der Waals surface area contributed by atoms with Crippen molar-refractivity contribution < 1.29 is 9.22 Å². The molecule has 4 nitrogen and oxygen atoms in total. The van der Waals surface area contributed by atoms with E-state index in [1.54, 1.807) is 0 Å². The van der Waals surface area contributed by atoms with Crippen LogP contribution in [0.5, 0.6) is 0 Å². The normalized spacial score (nSPS) is 11.6. The third-order valence-electron chi connectivity index (χ3n) is 1.11. The molecule has 0 fully saturated rings. The molecule has 0 heterocycles. The van der Waals surface area contributed by atoms with E-state index in [-0.39, 0.29) is 12.5 Å². The molecule has 0 bridgehead atoms. The Labute approximate surface area is 74.6 Å². The number of rotatable bonds is 6. The largest absolute Gasteiger partial charge is 0.416 e. The average Bonchev–Trinajstić information content (AvgIpc) is 1.83. The molecule has 5 heteroatoms. The number of carbonyl (C=O) groups excluding carboxylic acids is 1. The molecular weight excluding hydrogens is 172 g/mol. The summed E-state index contributed by atoms with van der Waals surface area (Å²) in [7, 11) is -1.39. The van der Waals surface area contributed by atoms with Gasteiger partial charge in [-0.25, -0.2) is 0 Å². The van der Waals surface area contributed by atoms with Gasteiger partial charge in [0, 0.05) is 13.2 Å². The van der Waals surface area contributed by atoms with Gasteiger partial charge < -0.3 is 15.5 Å². The Balaban J connectivity index is 3.17. The van der Waals surface area contributed by atoms with E-state index in [1.165, 1.54) is 0 Å². The summed E-state index contributed by atoms with van der Waals surface area (Å²) in [5.41, 5.74) is 4.93. The molecule has 72 valence electrons. The van der Waals surface area contributed by atoms with Gasteiger partial charge in [0.15, 0.2) is 8.32 Å². The van der Waals surface area contributed by atoms with Gasteiger partial charge in [0.1, 0.15) is 0 Å². The van der Waals surface area contributed by atoms with E-state index < -0.39 is 8.32 Å². The van der Waals surface area contributed by atoms with Crippen LogP contribution in [0.4, 0.5) is 0 Å². The number of nitrogens with one attached hydrogen (secondary N) is 1. The van der Waals surface area contributed by atoms with E-state index in [2.05, 4.69) is 25.0 Å². The molecule has 0 spiro atoms. The molecule has 0 saturated heterocycles. The summed E-state index contributed by atoms with van der Waals surface area (Å²) in [4.78, 5) is 10.3. The highest BCUT2D eigenvalue weighted by molar-refractivity contribution is 6.69. The van der Waals surface area contributed by atoms with Crippen LogP contribution in [-0.4, -0.2) is 33.9 Å². The topological polar surface area (TPSA) is 64.3 Å². The van der Waals surface area contributed by atoms with Gasteiger partial charge in [-0.05, 0) is 19.6 Å². The van der Waals surface area contributed by atoms with Crippen molar-refractivity contribution in [2.75, 3.05) is 19.7 Å². The summed E-state index contributed by atoms with van der Waals surface area (Å²) < 4.78 is 5.54. The zero-order valence-corrected chi connectivity index (χ0v) is 9.02. The molecule has 0 unspecified atom stereocenters. The molecule has 1 amide bonds. The van der Waals surface area contributed by atoms with E-state index in [4.69, 9.17) is 10.2 Å². The minimum Gasteiger partial charge on any atom is -0.416 e. The third kappa shape index (κ3) is 9.61. The summed E-state index contributed by atoms with van der Waals surface area (Å²) in [6.07, 6.45) is 0. The van der Waals surface area contributed by atoms with Crippen LogP contribution in [0, 0.1) is 0 Å². The van der Waals surface area contributed by atoms with E-state index >= 15 is 0 Å². The maximum absolute atomic E-state index is 10.3. The monoisotopic (exact) mass is 190 g/mol. The maximum Gasteiger partial charge on any atom is 0.231 e. The third-order valence-corrected chi connectivity index (χ3v) is 2.18. The van der Waals surface area contributed by atoms with Crippen LogP contribution < -0.4 is 11.1 Å². The number of amides is 1. The zero-order valence-electron chi connectivity index (χ0n) is 8.02. The molecule has 0 aromatic carbocycles. The van der Waals surface area contributed by atoms with Crippen LogP contribution >= 0.6 is 0 Å². The van der Waals surface area contributed by atoms with E-state index in [1.807, 2.05) is 0 Å². The number of carbonyl (C=O) groups is 1. The second kappa shape index (κ2) is 5.29. The first-order chi connectivity index (χ1) is 5.42. The van der Waals surface area contributed by atoms with Crippen molar-refractivity contribution in [3.8, 4) is 0 Å². The predicted octanol–water partition coefficient (Wildman–Crippen LogP) is -0.0872. The Morgan fingerprint density at radius 1 is 1.50 bits per heavy atom. The van der Waals surface area contributed by atoms with Crippen LogP contribution in [0.2, 0.25) is 19.6 Å². The molecule has 0 aliphatic carbocycles. The zero-order chi connectivity index (χ0) is 9.61. The SMILES string of the molecule is C[Si](C)(C)OCCNCC(N)=O. The molecule has 0 aliphatic heterocycles. The second-order valence-corrected chi connectivity index (χ2v) is 8.12. The molecule has 0 aromatic rings. The molecule has 0 aromatic heterocycles. The highest BCUT2D eigenvalue weighted by Gasteiger charge is 2.12. The Morgan fingerprint density at radius 3 is 2.50 bits per heavy atom. The Morgan fingerprint density at radius 2 is 2.08 bits per heavy atom. The van der Waals surface area contributed by atoms with Crippen LogP contribution in [0.25, 0.3) is 0 Å². The summed E-state index contributed by atoms with van der Waals surface area (Å²) in [6, 6.07) is 0. The highest BCUT2D eigenvalue weighted by atomic mass is 28.4. The Kier molecular flexibility index (Phi) is 5.11. The van der Waals surface area contributed by atoms with Gasteiger partial charge >= 0.3 is 0 Å². The van der Waals surface area contributed by atoms with Gasteiger partial charge in [0.2, 0.25) is 5.91 Å². The fourth-order valence-corrected chi connectivity index (χ4v) is 1.36. The average molecular weight is 190 g/mol. The van der Waals surface area contributed by atoms with Crippen molar-refractivity contribution >= 4 is 14.2 Å². The molecular formula is C7H18N2O2Si. The van der Waals surface area contributed by atoms with E-state index in [0.717, 1.165) is 0 Å². The summed E-state index contributed by atoms with van der Waals surface area (Å²) in [5.74, 6) is -0.331. The molecule has 0 radical (unpaired) electrons. The van der Waals surface area contributed by atoms with Gasteiger partial charge in [0.25, 0.3) is 0 Å². The van der Waals surface area contributed by atoms with Crippen LogP contribution in [0.1, 0.15) is 0 Å². The lowest BCUT2D eigenvalue weighted by molar-refractivity contribution is -0.117. The number of hydrogen-bond donors (Lipinski definition) is 2. The van der Waals surface area contributed by atoms with Gasteiger partial charge in [-0.1, -0.05) is 0 Å². The van der Waals surface area contributed by atoms with Gasteiger partial charge in [-0.3, -0.25) is 4.79 Å². The first kappa shape index (κ1) is 11.6. The standard InChI is InChI=1S/C7H18N2O2Si/c1-12(2,3)11-5-4-9-6-7(8)10/h9H,4-6H2,1-3H3,(H2,8,10). The van der Waals surface area contributed by atoms with Crippen molar-refractivity contribution in [2.45, 2.75) is 19.6 Å². The van der Waals surface area contributed by atoms with Gasteiger partial charge in [0.05, 0.1) is 6.54 Å². The minimum absolute atomic E-state index is 0.231. The quantitative estimate of drug-likeness (QED) is 0.454. The molecule has 0 rings (SSSR count). The van der Waals surface area contributed by atoms with Crippen molar-refractivity contribution in [1.82, 2.24) is 5.32 Å². The molecule has 0 aliphatic rings. The summed E-state index contributed by atoms with van der Waals surface area (Å²) in [5, 5.41) is 2.88. The first-order valence-corrected chi connectivity index (χ1v) is 7.45. The van der Waals surface area contributed by atoms with Crippen molar-refractivity contribution in [1.29, 1.82) is 0 Å². The highest BCUT2D eigenvalue weighted by Crippen LogP contribution is 2.00. The minimum atomic E-state index is -1.39. The van der Waals surface area contributed by atoms with Crippen LogP contribution in [0.15, 0.2) is 0 Å². The van der Waals surface area contributed by atoms with E-state index in [0.29, 0.717) is 13.2 Å². The van der Waals surface area contributed by atoms with Gasteiger partial charge in [-0.15, -0.1) is 0 Å². The lowest BCUT2D eigenvalue weighted by Gasteiger charge is -2.16. The molecule has 0 atom stereocenters. The van der Waals surface area contributed by atoms with Crippen molar-refractivity contribution in [3.05, 3.63) is 0 Å². The predicted molar refractivity (Wildman–Crippen MR) is 51.4 cm³/mol. The molecule has 0 saturated carbocycles. The lowest BCUT2D eigenvalue weighted by Crippen LogP contribution is -2.34. The Hall–Kier alpha value is -0.393.